The largest absolute Gasteiger partial charge is 0.462 e. The van der Waals surface area contributed by atoms with E-state index < -0.39 is 35.2 Å². The number of rotatable bonds is 14. The van der Waals surface area contributed by atoms with E-state index in [1.165, 1.54) is 11.6 Å². The van der Waals surface area contributed by atoms with Gasteiger partial charge < -0.3 is 24.8 Å². The van der Waals surface area contributed by atoms with Crippen molar-refractivity contribution in [2.24, 2.45) is 40.4 Å². The summed E-state index contributed by atoms with van der Waals surface area (Å²) in [6.45, 7) is 6.82. The number of esters is 2. The summed E-state index contributed by atoms with van der Waals surface area (Å²) in [6.07, 6.45) is 15.4. The second kappa shape index (κ2) is 16.4. The molecule has 0 radical (unpaired) electrons. The zero-order valence-corrected chi connectivity index (χ0v) is 31.7. The number of aryl methyl sites for hydroxylation is 1. The lowest BCUT2D eigenvalue weighted by Gasteiger charge is -2.70. The molecule has 7 heteroatoms. The Kier molecular flexibility index (Phi) is 12.4. The molecule has 0 bridgehead atoms. The maximum Gasteiger partial charge on any atom is 0.331 e. The molecule has 284 valence electrons. The van der Waals surface area contributed by atoms with Crippen LogP contribution in [-0.4, -0.2) is 57.8 Å². The van der Waals surface area contributed by atoms with Crippen molar-refractivity contribution in [3.05, 3.63) is 47.5 Å². The fraction of sp³-hybridized carbons (Fsp3) is 0.773. The molecule has 0 spiro atoms. The summed E-state index contributed by atoms with van der Waals surface area (Å²) in [6, 6.07) is 10.6. The number of aliphatic hydroxyl groups excluding tert-OH is 2. The SMILES string of the molecule is C[C@H](CCCc1ccccc1)CC[C@H](O)[C@]12[C@@H](O)CC[C@@](C)(C3CCCC3)[C@H]1[C@H](OC(=O)C1CCCCC1)C[C@H](C)[C@]2(O)CCC1=CC(=O)OC1. The summed E-state index contributed by atoms with van der Waals surface area (Å²) < 4.78 is 11.9. The van der Waals surface area contributed by atoms with E-state index in [2.05, 4.69) is 38.1 Å². The van der Waals surface area contributed by atoms with Crippen LogP contribution in [0.15, 0.2) is 42.0 Å². The predicted molar refractivity (Wildman–Crippen MR) is 198 cm³/mol. The van der Waals surface area contributed by atoms with E-state index in [-0.39, 0.29) is 35.8 Å². The molecular formula is C44H66O7. The van der Waals surface area contributed by atoms with Crippen molar-refractivity contribution in [1.82, 2.24) is 0 Å². The van der Waals surface area contributed by atoms with Gasteiger partial charge in [-0.05, 0) is 118 Å². The highest BCUT2D eigenvalue weighted by molar-refractivity contribution is 5.85. The van der Waals surface area contributed by atoms with Crippen LogP contribution in [0.4, 0.5) is 0 Å². The van der Waals surface area contributed by atoms with Gasteiger partial charge in [-0.25, -0.2) is 4.79 Å². The van der Waals surface area contributed by atoms with Gasteiger partial charge in [-0.1, -0.05) is 89.6 Å². The average molecular weight is 707 g/mol. The standard InChI is InChI=1S/C44H66O7/c1-30(13-12-16-32-14-6-4-7-15-32)21-22-37(45)44-38(46)24-25-42(3,35-19-10-11-20-35)40(44)36(51-41(48)34-17-8-5-9-18-34)27-31(2)43(44,49)26-23-33-28-39(47)50-29-33/h4,6-7,14-15,28,30-31,34-38,40,45-46,49H,5,8-13,16-27,29H2,1-3H3/t30-,31+,36-,37+,38+,40-,42+,43-,44+/m1/s1. The first-order valence-corrected chi connectivity index (χ1v) is 20.7. The molecule has 51 heavy (non-hydrogen) atoms. The quantitative estimate of drug-likeness (QED) is 0.167. The summed E-state index contributed by atoms with van der Waals surface area (Å²) in [5.74, 6) is -0.614. The molecule has 1 heterocycles. The van der Waals surface area contributed by atoms with Crippen molar-refractivity contribution < 1.29 is 34.4 Å². The Balaban J connectivity index is 1.35. The van der Waals surface area contributed by atoms with Crippen LogP contribution in [0, 0.1) is 40.4 Å². The van der Waals surface area contributed by atoms with Crippen molar-refractivity contribution in [3.8, 4) is 0 Å². The van der Waals surface area contributed by atoms with Crippen LogP contribution >= 0.6 is 0 Å². The van der Waals surface area contributed by atoms with Crippen LogP contribution in [0.1, 0.15) is 142 Å². The molecule has 1 aliphatic heterocycles. The fourth-order valence-corrected chi connectivity index (χ4v) is 11.9. The van der Waals surface area contributed by atoms with Gasteiger partial charge >= 0.3 is 11.9 Å². The van der Waals surface area contributed by atoms with E-state index in [0.717, 1.165) is 95.5 Å². The maximum atomic E-state index is 14.0. The molecule has 7 nitrogen and oxygen atoms in total. The normalized spacial score (nSPS) is 35.9. The number of ether oxygens (including phenoxy) is 2. The van der Waals surface area contributed by atoms with E-state index in [9.17, 15) is 24.9 Å². The third-order valence-electron chi connectivity index (χ3n) is 14.8. The fourth-order valence-electron chi connectivity index (χ4n) is 11.9. The van der Waals surface area contributed by atoms with Gasteiger partial charge in [-0.15, -0.1) is 0 Å². The number of carbonyl (C=O) groups is 2. The molecule has 0 unspecified atom stereocenters. The van der Waals surface area contributed by atoms with Crippen LogP contribution in [0.25, 0.3) is 0 Å². The Morgan fingerprint density at radius 1 is 0.980 bits per heavy atom. The van der Waals surface area contributed by atoms with Crippen LogP contribution in [0.2, 0.25) is 0 Å². The summed E-state index contributed by atoms with van der Waals surface area (Å²) in [7, 11) is 0. The topological polar surface area (TPSA) is 113 Å². The van der Waals surface area contributed by atoms with Gasteiger partial charge in [0.2, 0.25) is 0 Å². The Morgan fingerprint density at radius 3 is 2.37 bits per heavy atom. The van der Waals surface area contributed by atoms with Crippen LogP contribution in [0.5, 0.6) is 0 Å². The van der Waals surface area contributed by atoms with Crippen LogP contribution in [-0.2, 0) is 25.5 Å². The van der Waals surface area contributed by atoms with Gasteiger partial charge in [0.1, 0.15) is 12.7 Å². The average Bonchev–Trinajstić information content (AvgIpc) is 3.83. The lowest BCUT2D eigenvalue weighted by molar-refractivity contribution is -0.326. The van der Waals surface area contributed by atoms with E-state index in [4.69, 9.17) is 9.47 Å². The molecule has 9 atom stereocenters. The van der Waals surface area contributed by atoms with E-state index in [1.807, 2.05) is 13.0 Å². The minimum absolute atomic E-state index is 0.107. The van der Waals surface area contributed by atoms with Crippen molar-refractivity contribution in [1.29, 1.82) is 0 Å². The van der Waals surface area contributed by atoms with Gasteiger partial charge in [-0.3, -0.25) is 4.79 Å². The number of benzene rings is 1. The first-order chi connectivity index (χ1) is 24.5. The molecule has 1 aromatic carbocycles. The molecule has 1 aromatic rings. The first-order valence-electron chi connectivity index (χ1n) is 20.7. The van der Waals surface area contributed by atoms with Crippen molar-refractivity contribution >= 4 is 11.9 Å². The maximum absolute atomic E-state index is 14.0. The number of aliphatic hydroxyl groups is 3. The highest BCUT2D eigenvalue weighted by atomic mass is 16.5. The molecule has 0 amide bonds. The molecule has 0 saturated heterocycles. The van der Waals surface area contributed by atoms with Crippen molar-refractivity contribution in [2.75, 3.05) is 6.61 Å². The van der Waals surface area contributed by atoms with E-state index in [1.54, 1.807) is 0 Å². The second-order valence-corrected chi connectivity index (χ2v) is 17.8. The zero-order chi connectivity index (χ0) is 36.2. The summed E-state index contributed by atoms with van der Waals surface area (Å²) in [4.78, 5) is 26.0. The first kappa shape index (κ1) is 38.5. The minimum atomic E-state index is -1.45. The predicted octanol–water partition coefficient (Wildman–Crippen LogP) is 8.27. The molecule has 0 aromatic heterocycles. The smallest absolute Gasteiger partial charge is 0.331 e. The van der Waals surface area contributed by atoms with Gasteiger partial charge in [0, 0.05) is 12.0 Å². The third kappa shape index (κ3) is 7.74. The molecular weight excluding hydrogens is 640 g/mol. The highest BCUT2D eigenvalue weighted by Gasteiger charge is 2.74. The molecule has 3 N–H and O–H groups in total. The monoisotopic (exact) mass is 706 g/mol. The van der Waals surface area contributed by atoms with Crippen LogP contribution in [0.3, 0.4) is 0 Å². The Morgan fingerprint density at radius 2 is 1.69 bits per heavy atom. The van der Waals surface area contributed by atoms with Gasteiger partial charge in [-0.2, -0.15) is 0 Å². The van der Waals surface area contributed by atoms with Gasteiger partial charge in [0.15, 0.2) is 0 Å². The summed E-state index contributed by atoms with van der Waals surface area (Å²) in [5.41, 5.74) is -0.903. The highest BCUT2D eigenvalue weighted by Crippen LogP contribution is 2.69. The van der Waals surface area contributed by atoms with Gasteiger partial charge in [0.25, 0.3) is 0 Å². The molecule has 6 rings (SSSR count). The molecule has 4 aliphatic carbocycles. The Hall–Kier alpha value is -2.22. The molecule has 4 fully saturated rings. The second-order valence-electron chi connectivity index (χ2n) is 17.8. The number of hydrogen-bond donors (Lipinski definition) is 3. The summed E-state index contributed by atoms with van der Waals surface area (Å²) in [5, 5.41) is 38.9. The Labute approximate surface area is 307 Å². The summed E-state index contributed by atoms with van der Waals surface area (Å²) >= 11 is 0. The van der Waals surface area contributed by atoms with E-state index in [0.29, 0.717) is 43.9 Å². The number of carbonyl (C=O) groups excluding carboxylic acids is 2. The number of hydrogen-bond acceptors (Lipinski definition) is 7. The molecule has 4 saturated carbocycles. The molecule has 5 aliphatic rings. The third-order valence-corrected chi connectivity index (χ3v) is 14.8. The lowest BCUT2D eigenvalue weighted by atomic mass is 9.38. The van der Waals surface area contributed by atoms with Gasteiger partial charge in [0.05, 0.1) is 29.1 Å². The lowest BCUT2D eigenvalue weighted by Crippen LogP contribution is -2.77. The Bertz CT molecular complexity index is 1350. The number of cyclic esters (lactones) is 1. The van der Waals surface area contributed by atoms with Crippen molar-refractivity contribution in [2.45, 2.75) is 167 Å². The minimum Gasteiger partial charge on any atom is -0.462 e. The number of fused-ring (bicyclic) bond motifs is 1. The zero-order valence-electron chi connectivity index (χ0n) is 31.7. The van der Waals surface area contributed by atoms with Crippen LogP contribution < -0.4 is 0 Å². The van der Waals surface area contributed by atoms with E-state index >= 15 is 0 Å². The van der Waals surface area contributed by atoms with Crippen molar-refractivity contribution in [3.63, 3.8) is 0 Å².